The number of hydrogen-bond donors (Lipinski definition) is 1. The number of hydrogen-bond acceptors (Lipinski definition) is 3. The predicted molar refractivity (Wildman–Crippen MR) is 73.6 cm³/mol. The number of carbonyl (C=O) groups is 2. The highest BCUT2D eigenvalue weighted by Gasteiger charge is 2.33. The number of carboxylic acid groups (broad SMARTS) is 1. The van der Waals surface area contributed by atoms with Crippen molar-refractivity contribution in [3.05, 3.63) is 17.5 Å². The molecule has 1 aromatic rings. The molecule has 0 unspecified atom stereocenters. The van der Waals surface area contributed by atoms with Crippen molar-refractivity contribution in [2.24, 2.45) is 7.05 Å². The van der Waals surface area contributed by atoms with Gasteiger partial charge in [-0.1, -0.05) is 13.8 Å². The minimum atomic E-state index is -0.932. The summed E-state index contributed by atoms with van der Waals surface area (Å²) in [6.07, 6.45) is 2.21. The van der Waals surface area contributed by atoms with Gasteiger partial charge in [-0.3, -0.25) is 9.48 Å². The first-order valence-electron chi connectivity index (χ1n) is 6.99. The Morgan fingerprint density at radius 2 is 2.10 bits per heavy atom. The first-order valence-corrected chi connectivity index (χ1v) is 6.99. The average molecular weight is 279 g/mol. The second-order valence-electron chi connectivity index (χ2n) is 5.58. The minimum Gasteiger partial charge on any atom is -0.480 e. The summed E-state index contributed by atoms with van der Waals surface area (Å²) >= 11 is 0. The van der Waals surface area contributed by atoms with Crippen molar-refractivity contribution in [1.82, 2.24) is 14.7 Å². The number of aryl methyl sites for hydroxylation is 1. The van der Waals surface area contributed by atoms with Gasteiger partial charge in [0.05, 0.1) is 0 Å². The lowest BCUT2D eigenvalue weighted by Crippen LogP contribution is -2.48. The van der Waals surface area contributed by atoms with Crippen LogP contribution in [-0.2, 0) is 11.8 Å². The molecule has 1 aromatic heterocycles. The first-order chi connectivity index (χ1) is 9.41. The fourth-order valence-electron chi connectivity index (χ4n) is 2.71. The van der Waals surface area contributed by atoms with E-state index in [1.807, 2.05) is 13.8 Å². The lowest BCUT2D eigenvalue weighted by atomic mass is 10.0. The van der Waals surface area contributed by atoms with Crippen LogP contribution in [0.3, 0.4) is 0 Å². The maximum Gasteiger partial charge on any atom is 0.326 e. The van der Waals surface area contributed by atoms with E-state index >= 15 is 0 Å². The molecular formula is C14H21N3O3. The molecule has 6 nitrogen and oxygen atoms in total. The molecule has 1 fully saturated rings. The molecule has 1 aliphatic rings. The number of aliphatic carboxylic acids is 1. The summed E-state index contributed by atoms with van der Waals surface area (Å²) in [7, 11) is 1.80. The van der Waals surface area contributed by atoms with Crippen molar-refractivity contribution in [3.8, 4) is 0 Å². The highest BCUT2D eigenvalue weighted by Crippen LogP contribution is 2.21. The molecule has 110 valence electrons. The minimum absolute atomic E-state index is 0.269. The van der Waals surface area contributed by atoms with Gasteiger partial charge in [0.15, 0.2) is 5.69 Å². The molecule has 0 radical (unpaired) electrons. The Morgan fingerprint density at radius 1 is 1.40 bits per heavy atom. The van der Waals surface area contributed by atoms with Crippen LogP contribution >= 0.6 is 0 Å². The van der Waals surface area contributed by atoms with E-state index in [0.717, 1.165) is 18.5 Å². The van der Waals surface area contributed by atoms with E-state index in [2.05, 4.69) is 5.10 Å². The van der Waals surface area contributed by atoms with Gasteiger partial charge in [-0.05, 0) is 31.2 Å². The quantitative estimate of drug-likeness (QED) is 0.912. The van der Waals surface area contributed by atoms with Crippen molar-refractivity contribution in [2.75, 3.05) is 6.54 Å². The number of aromatic nitrogens is 2. The summed E-state index contributed by atoms with van der Waals surface area (Å²) in [4.78, 5) is 25.2. The van der Waals surface area contributed by atoms with Crippen molar-refractivity contribution in [1.29, 1.82) is 0 Å². The number of nitrogens with zero attached hydrogens (tertiary/aromatic N) is 3. The molecule has 2 heterocycles. The molecule has 1 amide bonds. The van der Waals surface area contributed by atoms with Gasteiger partial charge < -0.3 is 10.0 Å². The second kappa shape index (κ2) is 5.64. The number of likely N-dealkylation sites (tertiary alicyclic amines) is 1. The highest BCUT2D eigenvalue weighted by molar-refractivity contribution is 5.95. The third kappa shape index (κ3) is 2.69. The summed E-state index contributed by atoms with van der Waals surface area (Å²) in [5.41, 5.74) is 1.31. The summed E-state index contributed by atoms with van der Waals surface area (Å²) < 4.78 is 1.69. The number of amides is 1. The molecule has 6 heteroatoms. The Balaban J connectivity index is 2.25. The van der Waals surface area contributed by atoms with Crippen LogP contribution in [0, 0.1) is 0 Å². The molecule has 2 rings (SSSR count). The molecule has 0 saturated carbocycles. The fraction of sp³-hybridized carbons (Fsp3) is 0.643. The number of piperidine rings is 1. The highest BCUT2D eigenvalue weighted by atomic mass is 16.4. The molecule has 0 aromatic carbocycles. The maximum atomic E-state index is 12.5. The summed E-state index contributed by atoms with van der Waals surface area (Å²) in [5, 5.41) is 13.5. The van der Waals surface area contributed by atoms with Crippen LogP contribution in [-0.4, -0.2) is 44.3 Å². The van der Waals surface area contributed by atoms with E-state index < -0.39 is 12.0 Å². The van der Waals surface area contributed by atoms with Crippen LogP contribution < -0.4 is 0 Å². The molecule has 1 saturated heterocycles. The van der Waals surface area contributed by atoms with Crippen molar-refractivity contribution >= 4 is 11.9 Å². The normalized spacial score (nSPS) is 19.4. The summed E-state index contributed by atoms with van der Waals surface area (Å²) in [5.74, 6) is -0.941. The summed E-state index contributed by atoms with van der Waals surface area (Å²) in [6.45, 7) is 4.56. The van der Waals surface area contributed by atoms with Gasteiger partial charge in [0.25, 0.3) is 5.91 Å². The predicted octanol–water partition coefficient (Wildman–Crippen LogP) is 1.62. The SMILES string of the molecule is CC(C)c1cc(C(=O)N2CCCC[C@@H]2C(=O)O)nn1C. The lowest BCUT2D eigenvalue weighted by Gasteiger charge is -2.32. The van der Waals surface area contributed by atoms with E-state index in [1.54, 1.807) is 17.8 Å². The second-order valence-corrected chi connectivity index (χ2v) is 5.58. The van der Waals surface area contributed by atoms with Gasteiger partial charge >= 0.3 is 5.97 Å². The van der Waals surface area contributed by atoms with Crippen LogP contribution in [0.2, 0.25) is 0 Å². The Bertz CT molecular complexity index is 522. The van der Waals surface area contributed by atoms with Crippen molar-refractivity contribution < 1.29 is 14.7 Å². The summed E-state index contributed by atoms with van der Waals surface area (Å²) in [6, 6.07) is 1.04. The zero-order valence-electron chi connectivity index (χ0n) is 12.2. The Kier molecular flexibility index (Phi) is 4.11. The third-order valence-corrected chi connectivity index (χ3v) is 3.78. The van der Waals surface area contributed by atoms with Crippen LogP contribution in [0.25, 0.3) is 0 Å². The largest absolute Gasteiger partial charge is 0.480 e. The molecule has 0 aliphatic carbocycles. The molecular weight excluding hydrogens is 258 g/mol. The van der Waals surface area contributed by atoms with Crippen molar-refractivity contribution in [3.63, 3.8) is 0 Å². The topological polar surface area (TPSA) is 75.4 Å². The van der Waals surface area contributed by atoms with E-state index in [4.69, 9.17) is 0 Å². The molecule has 20 heavy (non-hydrogen) atoms. The van der Waals surface area contributed by atoms with Gasteiger partial charge in [0.1, 0.15) is 6.04 Å². The van der Waals surface area contributed by atoms with Crippen LogP contribution in [0.5, 0.6) is 0 Å². The van der Waals surface area contributed by atoms with E-state index in [9.17, 15) is 14.7 Å². The van der Waals surface area contributed by atoms with Crippen LogP contribution in [0.1, 0.15) is 55.2 Å². The van der Waals surface area contributed by atoms with Gasteiger partial charge in [-0.15, -0.1) is 0 Å². The smallest absolute Gasteiger partial charge is 0.326 e. The number of carboxylic acids is 1. The van der Waals surface area contributed by atoms with Gasteiger partial charge in [-0.25, -0.2) is 4.79 Å². The third-order valence-electron chi connectivity index (χ3n) is 3.78. The van der Waals surface area contributed by atoms with Crippen molar-refractivity contribution in [2.45, 2.75) is 45.1 Å². The van der Waals surface area contributed by atoms with Crippen LogP contribution in [0.15, 0.2) is 6.07 Å². The fourth-order valence-corrected chi connectivity index (χ4v) is 2.71. The zero-order chi connectivity index (χ0) is 14.9. The molecule has 1 aliphatic heterocycles. The molecule has 1 atom stereocenters. The molecule has 1 N–H and O–H groups in total. The average Bonchev–Trinajstić information content (AvgIpc) is 2.80. The zero-order valence-corrected chi connectivity index (χ0v) is 12.2. The standard InChI is InChI=1S/C14H21N3O3/c1-9(2)12-8-10(15-16(12)3)13(18)17-7-5-4-6-11(17)14(19)20/h8-9,11H,4-7H2,1-3H3,(H,19,20)/t11-/m1/s1. The van der Waals surface area contributed by atoms with Gasteiger partial charge in [-0.2, -0.15) is 5.10 Å². The Labute approximate surface area is 118 Å². The molecule has 0 bridgehead atoms. The monoisotopic (exact) mass is 279 g/mol. The van der Waals surface area contributed by atoms with E-state index in [0.29, 0.717) is 18.7 Å². The van der Waals surface area contributed by atoms with Gasteiger partial charge in [0.2, 0.25) is 0 Å². The van der Waals surface area contributed by atoms with E-state index in [1.165, 1.54) is 4.90 Å². The molecule has 0 spiro atoms. The Morgan fingerprint density at radius 3 is 2.65 bits per heavy atom. The Hall–Kier alpha value is -1.85. The maximum absolute atomic E-state index is 12.5. The number of rotatable bonds is 3. The van der Waals surface area contributed by atoms with E-state index in [-0.39, 0.29) is 11.8 Å². The first kappa shape index (κ1) is 14.6. The number of carbonyl (C=O) groups excluding carboxylic acids is 1. The van der Waals surface area contributed by atoms with Gasteiger partial charge in [0, 0.05) is 19.3 Å². The lowest BCUT2D eigenvalue weighted by molar-refractivity contribution is -0.143. The van der Waals surface area contributed by atoms with Crippen LogP contribution in [0.4, 0.5) is 0 Å².